The third-order valence-electron chi connectivity index (χ3n) is 7.79. The molecule has 0 radical (unpaired) electrons. The molecule has 1 saturated carbocycles. The summed E-state index contributed by atoms with van der Waals surface area (Å²) in [6.45, 7) is 5.56. The van der Waals surface area contributed by atoms with E-state index in [0.717, 1.165) is 57.3 Å². The van der Waals surface area contributed by atoms with Gasteiger partial charge in [-0.3, -0.25) is 0 Å². The van der Waals surface area contributed by atoms with Gasteiger partial charge >= 0.3 is 0 Å². The Kier molecular flexibility index (Phi) is 7.08. The van der Waals surface area contributed by atoms with Gasteiger partial charge in [0.2, 0.25) is 5.95 Å². The number of thiocarbonyl (C=S) groups is 1. The summed E-state index contributed by atoms with van der Waals surface area (Å²) < 4.78 is 0. The van der Waals surface area contributed by atoms with Crippen molar-refractivity contribution in [1.82, 2.24) is 15.3 Å². The molecule has 7 nitrogen and oxygen atoms in total. The summed E-state index contributed by atoms with van der Waals surface area (Å²) in [5.74, 6) is 2.49. The molecule has 0 atom stereocenters. The fourth-order valence-electron chi connectivity index (χ4n) is 5.72. The SMILES string of the molecule is S=C(Nc1nc(N2CCN(c3ccccc3)CC2)cc(N2CCc3ccccc3C2)n1)NC1CCCC1. The van der Waals surface area contributed by atoms with E-state index in [9.17, 15) is 0 Å². The lowest BCUT2D eigenvalue weighted by Crippen LogP contribution is -2.47. The van der Waals surface area contributed by atoms with Crippen LogP contribution in [0.3, 0.4) is 0 Å². The number of nitrogens with zero attached hydrogens (tertiary/aromatic N) is 5. The first-order chi connectivity index (χ1) is 18.2. The minimum Gasteiger partial charge on any atom is -0.368 e. The van der Waals surface area contributed by atoms with Crippen LogP contribution < -0.4 is 25.3 Å². The molecular weight excluding hydrogens is 478 g/mol. The van der Waals surface area contributed by atoms with Gasteiger partial charge in [-0.15, -0.1) is 0 Å². The molecule has 1 aromatic heterocycles. The van der Waals surface area contributed by atoms with Crippen molar-refractivity contribution in [3.05, 3.63) is 71.8 Å². The molecule has 2 aromatic carbocycles. The fourth-order valence-corrected chi connectivity index (χ4v) is 5.98. The topological polar surface area (TPSA) is 59.6 Å². The lowest BCUT2D eigenvalue weighted by molar-refractivity contribution is 0.634. The van der Waals surface area contributed by atoms with Gasteiger partial charge < -0.3 is 25.3 Å². The van der Waals surface area contributed by atoms with Gasteiger partial charge in [-0.25, -0.2) is 0 Å². The second-order valence-corrected chi connectivity index (χ2v) is 10.6. The Morgan fingerprint density at radius 3 is 2.16 bits per heavy atom. The van der Waals surface area contributed by atoms with E-state index in [1.807, 2.05) is 0 Å². The molecule has 37 heavy (non-hydrogen) atoms. The van der Waals surface area contributed by atoms with Crippen LogP contribution in [0.5, 0.6) is 0 Å². The van der Waals surface area contributed by atoms with Crippen LogP contribution in [0.2, 0.25) is 0 Å². The summed E-state index contributed by atoms with van der Waals surface area (Å²) in [6, 6.07) is 22.0. The van der Waals surface area contributed by atoms with Crippen molar-refractivity contribution in [3.63, 3.8) is 0 Å². The van der Waals surface area contributed by atoms with E-state index in [2.05, 4.69) is 86.0 Å². The number of benzene rings is 2. The van der Waals surface area contributed by atoms with Gasteiger partial charge in [0.15, 0.2) is 5.11 Å². The number of hydrogen-bond acceptors (Lipinski definition) is 6. The molecule has 2 aliphatic heterocycles. The molecule has 6 rings (SSSR count). The normalized spacial score (nSPS) is 18.0. The Morgan fingerprint density at radius 2 is 1.41 bits per heavy atom. The van der Waals surface area contributed by atoms with Gasteiger partial charge in [0, 0.05) is 57.1 Å². The summed E-state index contributed by atoms with van der Waals surface area (Å²) >= 11 is 5.66. The monoisotopic (exact) mass is 513 g/mol. The van der Waals surface area contributed by atoms with Crippen LogP contribution >= 0.6 is 12.2 Å². The third-order valence-corrected chi connectivity index (χ3v) is 8.01. The van der Waals surface area contributed by atoms with Crippen LogP contribution in [0.25, 0.3) is 0 Å². The van der Waals surface area contributed by atoms with Crippen molar-refractivity contribution >= 4 is 40.6 Å². The molecule has 0 spiro atoms. The first-order valence-electron chi connectivity index (χ1n) is 13.5. The molecule has 2 N–H and O–H groups in total. The van der Waals surface area contributed by atoms with Crippen LogP contribution in [0.15, 0.2) is 60.7 Å². The molecule has 1 saturated heterocycles. The summed E-state index contributed by atoms with van der Waals surface area (Å²) in [4.78, 5) is 17.1. The molecule has 1 aliphatic carbocycles. The summed E-state index contributed by atoms with van der Waals surface area (Å²) in [7, 11) is 0. The second kappa shape index (κ2) is 10.9. The average Bonchev–Trinajstić information content (AvgIpc) is 3.46. The maximum atomic E-state index is 5.66. The van der Waals surface area contributed by atoms with E-state index in [1.54, 1.807) is 0 Å². The highest BCUT2D eigenvalue weighted by molar-refractivity contribution is 7.80. The minimum atomic E-state index is 0.451. The standard InChI is InChI=1S/C29H35N7S/c37-29(30-24-10-6-7-11-24)33-28-31-26(35-18-16-34(17-19-35)25-12-2-1-3-13-25)20-27(32-28)36-15-14-22-8-4-5-9-23(22)21-36/h1-5,8-9,12-13,20,24H,6-7,10-11,14-19,21H2,(H2,30,31,32,33,37). The van der Waals surface area contributed by atoms with E-state index in [-0.39, 0.29) is 0 Å². The van der Waals surface area contributed by atoms with Crippen molar-refractivity contribution in [2.45, 2.75) is 44.7 Å². The zero-order valence-electron chi connectivity index (χ0n) is 21.3. The summed E-state index contributed by atoms with van der Waals surface area (Å²) in [6.07, 6.45) is 5.90. The van der Waals surface area contributed by atoms with Gasteiger partial charge in [-0.05, 0) is 54.7 Å². The number of hydrogen-bond donors (Lipinski definition) is 2. The smallest absolute Gasteiger partial charge is 0.232 e. The third kappa shape index (κ3) is 5.64. The molecule has 3 heterocycles. The molecule has 0 amide bonds. The second-order valence-electron chi connectivity index (χ2n) is 10.2. The van der Waals surface area contributed by atoms with Gasteiger partial charge in [-0.2, -0.15) is 9.97 Å². The number of para-hydroxylation sites is 1. The number of rotatable bonds is 5. The highest BCUT2D eigenvalue weighted by Gasteiger charge is 2.23. The lowest BCUT2D eigenvalue weighted by atomic mass is 10.00. The van der Waals surface area contributed by atoms with Crippen LogP contribution in [-0.2, 0) is 13.0 Å². The van der Waals surface area contributed by atoms with Crippen LogP contribution in [-0.4, -0.2) is 53.8 Å². The van der Waals surface area contributed by atoms with Gasteiger partial charge in [0.25, 0.3) is 0 Å². The zero-order valence-corrected chi connectivity index (χ0v) is 22.1. The first-order valence-corrected chi connectivity index (χ1v) is 14.0. The molecule has 8 heteroatoms. The Morgan fingerprint density at radius 1 is 0.757 bits per heavy atom. The van der Waals surface area contributed by atoms with Gasteiger partial charge in [0.05, 0.1) is 0 Å². The number of anilines is 4. The quantitative estimate of drug-likeness (QED) is 0.481. The number of aromatic nitrogens is 2. The minimum absolute atomic E-state index is 0.451. The van der Waals surface area contributed by atoms with Crippen LogP contribution in [0.1, 0.15) is 36.8 Å². The van der Waals surface area contributed by atoms with E-state index < -0.39 is 0 Å². The van der Waals surface area contributed by atoms with E-state index in [0.29, 0.717) is 17.1 Å². The molecular formula is C29H35N7S. The van der Waals surface area contributed by atoms with Crippen LogP contribution in [0.4, 0.5) is 23.3 Å². The number of nitrogens with one attached hydrogen (secondary N) is 2. The Hall–Kier alpha value is -3.39. The fraction of sp³-hybridized carbons (Fsp3) is 0.414. The summed E-state index contributed by atoms with van der Waals surface area (Å²) in [5.41, 5.74) is 4.09. The maximum absolute atomic E-state index is 5.66. The van der Waals surface area contributed by atoms with Gasteiger partial charge in [0.1, 0.15) is 11.6 Å². The Bertz CT molecular complexity index is 1220. The van der Waals surface area contributed by atoms with Crippen molar-refractivity contribution < 1.29 is 0 Å². The Labute approximate surface area is 224 Å². The Balaban J connectivity index is 1.22. The average molecular weight is 514 g/mol. The van der Waals surface area contributed by atoms with Crippen molar-refractivity contribution in [2.24, 2.45) is 0 Å². The van der Waals surface area contributed by atoms with Crippen LogP contribution in [0, 0.1) is 0 Å². The predicted molar refractivity (Wildman–Crippen MR) is 156 cm³/mol. The highest BCUT2D eigenvalue weighted by atomic mass is 32.1. The number of fused-ring (bicyclic) bond motifs is 1. The molecule has 0 unspecified atom stereocenters. The summed E-state index contributed by atoms with van der Waals surface area (Å²) in [5, 5.41) is 7.40. The maximum Gasteiger partial charge on any atom is 0.232 e. The molecule has 3 aromatic rings. The van der Waals surface area contributed by atoms with E-state index >= 15 is 0 Å². The predicted octanol–water partition coefficient (Wildman–Crippen LogP) is 4.59. The van der Waals surface area contributed by atoms with Crippen molar-refractivity contribution in [3.8, 4) is 0 Å². The molecule has 0 bridgehead atoms. The van der Waals surface area contributed by atoms with E-state index in [1.165, 1.54) is 42.5 Å². The molecule has 192 valence electrons. The van der Waals surface area contributed by atoms with E-state index in [4.69, 9.17) is 22.2 Å². The van der Waals surface area contributed by atoms with Crippen molar-refractivity contribution in [1.29, 1.82) is 0 Å². The largest absolute Gasteiger partial charge is 0.368 e. The first kappa shape index (κ1) is 24.0. The lowest BCUT2D eigenvalue weighted by Gasteiger charge is -2.37. The zero-order chi connectivity index (χ0) is 25.0. The van der Waals surface area contributed by atoms with Crippen molar-refractivity contribution in [2.75, 3.05) is 52.7 Å². The molecule has 3 aliphatic rings. The molecule has 2 fully saturated rings. The highest BCUT2D eigenvalue weighted by Crippen LogP contribution is 2.28. The van der Waals surface area contributed by atoms with Gasteiger partial charge in [-0.1, -0.05) is 55.3 Å². The number of piperazine rings is 1.